The second-order valence-corrected chi connectivity index (χ2v) is 9.08. The molecule has 0 amide bonds. The van der Waals surface area contributed by atoms with Gasteiger partial charge >= 0.3 is 11.9 Å². The van der Waals surface area contributed by atoms with Gasteiger partial charge in [-0.05, 0) is 63.8 Å². The van der Waals surface area contributed by atoms with Crippen molar-refractivity contribution in [3.8, 4) is 17.4 Å². The van der Waals surface area contributed by atoms with Crippen molar-refractivity contribution in [3.05, 3.63) is 35.9 Å². The highest BCUT2D eigenvalue weighted by atomic mass is 16.7. The fraction of sp³-hybridized carbons (Fsp3) is 0.520. The number of hydrogen-bond acceptors (Lipinski definition) is 9. The van der Waals surface area contributed by atoms with Crippen LogP contribution in [0.2, 0.25) is 0 Å². The van der Waals surface area contributed by atoms with Crippen molar-refractivity contribution in [2.24, 2.45) is 5.41 Å². The molecule has 0 bridgehead atoms. The van der Waals surface area contributed by atoms with Gasteiger partial charge in [0.2, 0.25) is 5.88 Å². The zero-order valence-corrected chi connectivity index (χ0v) is 20.7. The van der Waals surface area contributed by atoms with Crippen molar-refractivity contribution < 1.29 is 39.2 Å². The van der Waals surface area contributed by atoms with Crippen molar-refractivity contribution in [1.29, 1.82) is 0 Å². The Labute approximate surface area is 205 Å². The van der Waals surface area contributed by atoms with Crippen molar-refractivity contribution in [1.82, 2.24) is 4.73 Å². The van der Waals surface area contributed by atoms with Crippen LogP contribution in [0.5, 0.6) is 17.4 Å². The van der Waals surface area contributed by atoms with Gasteiger partial charge in [-0.1, -0.05) is 13.8 Å². The fourth-order valence-electron chi connectivity index (χ4n) is 3.30. The molecule has 0 aliphatic heterocycles. The molecule has 10 nitrogen and oxygen atoms in total. The summed E-state index contributed by atoms with van der Waals surface area (Å²) >= 11 is 0. The summed E-state index contributed by atoms with van der Waals surface area (Å²) < 4.78 is 12.2. The summed E-state index contributed by atoms with van der Waals surface area (Å²) in [6.45, 7) is 7.55. The molecule has 0 aliphatic carbocycles. The van der Waals surface area contributed by atoms with Crippen molar-refractivity contribution in [2.45, 2.75) is 72.0 Å². The molecule has 5 N–H and O–H groups in total. The van der Waals surface area contributed by atoms with Gasteiger partial charge in [0, 0.05) is 24.7 Å². The number of ether oxygens (including phenoxy) is 2. The maximum absolute atomic E-state index is 12.8. The van der Waals surface area contributed by atoms with E-state index in [2.05, 4.69) is 0 Å². The summed E-state index contributed by atoms with van der Waals surface area (Å²) in [7, 11) is 0. The second-order valence-electron chi connectivity index (χ2n) is 9.08. The van der Waals surface area contributed by atoms with Gasteiger partial charge in [0.05, 0.1) is 11.0 Å². The number of hydrogen-bond donors (Lipinski definition) is 4. The van der Waals surface area contributed by atoms with Gasteiger partial charge in [-0.15, -0.1) is 4.73 Å². The topological polar surface area (TPSA) is 153 Å². The zero-order chi connectivity index (χ0) is 26.2. The lowest BCUT2D eigenvalue weighted by Gasteiger charge is -2.31. The van der Waals surface area contributed by atoms with Gasteiger partial charge in [-0.25, -0.2) is 4.79 Å². The molecule has 0 fully saturated rings. The summed E-state index contributed by atoms with van der Waals surface area (Å²) in [5.74, 6) is -1.26. The summed E-state index contributed by atoms with van der Waals surface area (Å²) in [6, 6.07) is 6.77. The molecule has 0 saturated heterocycles. The number of anilines is 1. The number of phenols is 2. The predicted octanol–water partition coefficient (Wildman–Crippen LogP) is 3.66. The number of phenolic OH excluding ortho intramolecular Hbond substituents is 2. The molecule has 2 aromatic rings. The molecular formula is C25H36N2O8. The summed E-state index contributed by atoms with van der Waals surface area (Å²) in [4.78, 5) is 30.3. The van der Waals surface area contributed by atoms with E-state index >= 15 is 0 Å². The summed E-state index contributed by atoms with van der Waals surface area (Å²) in [5.41, 5.74) is 4.54. The summed E-state index contributed by atoms with van der Waals surface area (Å²) in [6.07, 6.45) is 1.97. The standard InChI is InChI=1S/C25H36N2O8/c1-5-24(3,23(32)35-27-20(26)9-10-21(27)30)13-14-34-25(4,6-2)12-11-22(31)33-16-17-15-18(28)7-8-19(17)29/h7-10,15,28-30H,5-6,11-14,16,26H2,1-4H3. The molecule has 0 radical (unpaired) electrons. The molecule has 0 spiro atoms. The number of nitrogens with zero attached hydrogens (tertiary/aromatic N) is 1. The van der Waals surface area contributed by atoms with E-state index in [4.69, 9.17) is 20.0 Å². The monoisotopic (exact) mass is 492 g/mol. The molecule has 0 saturated carbocycles. The Hall–Kier alpha value is -3.40. The lowest BCUT2D eigenvalue weighted by atomic mass is 9.84. The molecule has 1 aromatic heterocycles. The maximum atomic E-state index is 12.8. The first-order valence-electron chi connectivity index (χ1n) is 11.6. The van der Waals surface area contributed by atoms with Crippen molar-refractivity contribution >= 4 is 17.8 Å². The van der Waals surface area contributed by atoms with Crippen LogP contribution in [0.1, 0.15) is 65.4 Å². The van der Waals surface area contributed by atoms with Crippen molar-refractivity contribution in [2.75, 3.05) is 12.3 Å². The lowest BCUT2D eigenvalue weighted by Crippen LogP contribution is -2.38. The fourth-order valence-corrected chi connectivity index (χ4v) is 3.30. The van der Waals surface area contributed by atoms with Gasteiger partial charge in [0.1, 0.15) is 23.9 Å². The average molecular weight is 493 g/mol. The van der Waals surface area contributed by atoms with Crippen LogP contribution in [-0.4, -0.2) is 44.2 Å². The Morgan fingerprint density at radius 1 is 1.03 bits per heavy atom. The first-order valence-corrected chi connectivity index (χ1v) is 11.6. The minimum Gasteiger partial charge on any atom is -0.508 e. The smallest absolute Gasteiger partial charge is 0.339 e. The highest BCUT2D eigenvalue weighted by molar-refractivity contribution is 5.77. The van der Waals surface area contributed by atoms with Crippen LogP contribution in [0.4, 0.5) is 5.82 Å². The van der Waals surface area contributed by atoms with E-state index in [9.17, 15) is 24.9 Å². The Balaban J connectivity index is 1.86. The third-order valence-electron chi connectivity index (χ3n) is 6.46. The van der Waals surface area contributed by atoms with Crippen LogP contribution in [0.15, 0.2) is 30.3 Å². The van der Waals surface area contributed by atoms with Crippen LogP contribution in [0, 0.1) is 5.41 Å². The number of rotatable bonds is 13. The highest BCUT2D eigenvalue weighted by Crippen LogP contribution is 2.30. The number of aromatic hydroxyl groups is 3. The largest absolute Gasteiger partial charge is 0.508 e. The molecule has 1 aromatic carbocycles. The van der Waals surface area contributed by atoms with Crippen molar-refractivity contribution in [3.63, 3.8) is 0 Å². The van der Waals surface area contributed by atoms with Crippen LogP contribution >= 0.6 is 0 Å². The predicted molar refractivity (Wildman–Crippen MR) is 129 cm³/mol. The number of aromatic nitrogens is 1. The number of carbonyl (C=O) groups is 2. The lowest BCUT2D eigenvalue weighted by molar-refractivity contribution is -0.158. The molecule has 0 aliphatic rings. The van der Waals surface area contributed by atoms with E-state index in [0.29, 0.717) is 31.2 Å². The maximum Gasteiger partial charge on any atom is 0.339 e. The van der Waals surface area contributed by atoms with E-state index in [-0.39, 0.29) is 42.8 Å². The van der Waals surface area contributed by atoms with Gasteiger partial charge in [-0.2, -0.15) is 0 Å². The Morgan fingerprint density at radius 2 is 1.74 bits per heavy atom. The van der Waals surface area contributed by atoms with Gasteiger partial charge < -0.3 is 35.4 Å². The molecule has 1 heterocycles. The number of esters is 1. The van der Waals surface area contributed by atoms with Crippen LogP contribution in [0.3, 0.4) is 0 Å². The normalized spacial score (nSPS) is 14.6. The average Bonchev–Trinajstić information content (AvgIpc) is 3.15. The zero-order valence-electron chi connectivity index (χ0n) is 20.7. The number of nitrogen functional groups attached to an aromatic ring is 1. The van der Waals surface area contributed by atoms with Gasteiger partial charge in [0.25, 0.3) is 0 Å². The minimum atomic E-state index is -0.875. The first kappa shape index (κ1) is 27.8. The van der Waals surface area contributed by atoms with E-state index < -0.39 is 23.0 Å². The van der Waals surface area contributed by atoms with Crippen LogP contribution in [0.25, 0.3) is 0 Å². The Bertz CT molecular complexity index is 1000. The SMILES string of the molecule is CCC(C)(CCC(=O)OCc1cc(O)ccc1O)OCCC(C)(CC)C(=O)On1c(N)ccc1O. The molecule has 2 atom stereocenters. The molecule has 35 heavy (non-hydrogen) atoms. The minimum absolute atomic E-state index is 0.0302. The van der Waals surface area contributed by atoms with Crippen LogP contribution < -0.4 is 10.6 Å². The Morgan fingerprint density at radius 3 is 2.34 bits per heavy atom. The number of nitrogens with two attached hydrogens (primary N) is 1. The van der Waals surface area contributed by atoms with E-state index in [1.807, 2.05) is 20.8 Å². The van der Waals surface area contributed by atoms with E-state index in [1.54, 1.807) is 6.92 Å². The Kier molecular flexibility index (Phi) is 9.41. The van der Waals surface area contributed by atoms with Gasteiger partial charge in [-0.3, -0.25) is 4.79 Å². The van der Waals surface area contributed by atoms with Crippen LogP contribution in [-0.2, 0) is 25.7 Å². The number of carbonyl (C=O) groups excluding carboxylic acids is 2. The van der Waals surface area contributed by atoms with E-state index in [0.717, 1.165) is 4.73 Å². The first-order chi connectivity index (χ1) is 16.4. The summed E-state index contributed by atoms with van der Waals surface area (Å²) in [5, 5.41) is 29.1. The molecule has 10 heteroatoms. The highest BCUT2D eigenvalue weighted by Gasteiger charge is 2.35. The third kappa shape index (κ3) is 7.54. The number of benzene rings is 1. The molecule has 194 valence electrons. The molecule has 2 rings (SSSR count). The quantitative estimate of drug-likeness (QED) is 0.242. The van der Waals surface area contributed by atoms with E-state index in [1.165, 1.54) is 30.3 Å². The molecular weight excluding hydrogens is 456 g/mol. The third-order valence-corrected chi connectivity index (χ3v) is 6.46. The molecule has 2 unspecified atom stereocenters. The van der Waals surface area contributed by atoms with Gasteiger partial charge in [0.15, 0.2) is 0 Å². The second kappa shape index (κ2) is 11.8.